The minimum atomic E-state index is -3.61. The van der Waals surface area contributed by atoms with Gasteiger partial charge in [-0.15, -0.1) is 12.4 Å². The lowest BCUT2D eigenvalue weighted by atomic mass is 10.2. The van der Waals surface area contributed by atoms with Crippen LogP contribution in [-0.2, 0) is 10.0 Å². The van der Waals surface area contributed by atoms with Crippen LogP contribution in [0.5, 0.6) is 5.75 Å². The summed E-state index contributed by atoms with van der Waals surface area (Å²) in [7, 11) is 1.99. The first-order chi connectivity index (χ1) is 17.2. The van der Waals surface area contributed by atoms with E-state index in [1.807, 2.05) is 46.1 Å². The molecule has 0 N–H and O–H groups in total. The highest BCUT2D eigenvalue weighted by Gasteiger charge is 2.25. The predicted molar refractivity (Wildman–Crippen MR) is 154 cm³/mol. The van der Waals surface area contributed by atoms with Gasteiger partial charge in [0.1, 0.15) is 5.75 Å². The molecule has 1 aromatic heterocycles. The summed E-state index contributed by atoms with van der Waals surface area (Å²) in [5.41, 5.74) is 1.20. The minimum Gasteiger partial charge on any atom is -0.497 e. The summed E-state index contributed by atoms with van der Waals surface area (Å²) >= 11 is 1.45. The average Bonchev–Trinajstić information content (AvgIpc) is 3.29. The van der Waals surface area contributed by atoms with Gasteiger partial charge in [0, 0.05) is 31.3 Å². The number of amides is 1. The number of sulfonamides is 1. The zero-order valence-corrected chi connectivity index (χ0v) is 24.6. The van der Waals surface area contributed by atoms with Crippen molar-refractivity contribution in [2.24, 2.45) is 0 Å². The Morgan fingerprint density at radius 3 is 2.19 bits per heavy atom. The van der Waals surface area contributed by atoms with E-state index in [9.17, 15) is 13.2 Å². The normalized spacial score (nSPS) is 11.6. The Kier molecular flexibility index (Phi) is 11.8. The van der Waals surface area contributed by atoms with Crippen LogP contribution in [0.1, 0.15) is 43.5 Å². The highest BCUT2D eigenvalue weighted by molar-refractivity contribution is 7.89. The van der Waals surface area contributed by atoms with Crippen molar-refractivity contribution in [2.75, 3.05) is 52.3 Å². The Hall–Kier alpha value is -2.24. The van der Waals surface area contributed by atoms with E-state index < -0.39 is 10.0 Å². The van der Waals surface area contributed by atoms with E-state index in [0.717, 1.165) is 36.0 Å². The summed E-state index contributed by atoms with van der Waals surface area (Å²) < 4.78 is 34.0. The lowest BCUT2D eigenvalue weighted by molar-refractivity contribution is 0.0986. The van der Waals surface area contributed by atoms with Crippen molar-refractivity contribution in [3.05, 3.63) is 48.0 Å². The van der Waals surface area contributed by atoms with Gasteiger partial charge >= 0.3 is 0 Å². The van der Waals surface area contributed by atoms with Crippen molar-refractivity contribution in [3.8, 4) is 5.75 Å². The number of rotatable bonds is 13. The predicted octanol–water partition coefficient (Wildman–Crippen LogP) is 5.14. The number of hydrogen-bond donors (Lipinski definition) is 0. The third-order valence-electron chi connectivity index (χ3n) is 5.73. The number of aromatic nitrogens is 1. The van der Waals surface area contributed by atoms with Gasteiger partial charge in [-0.25, -0.2) is 13.4 Å². The maximum absolute atomic E-state index is 13.6. The number of thiazole rings is 1. The fourth-order valence-corrected chi connectivity index (χ4v) is 6.49. The SMILES string of the molecule is CCCN(CCC)S(=O)(=O)c1ccc(C(=O)N(CCCN(C)C)c2nc3cc(OC)ccc3s2)cc1.Cl. The molecule has 1 heterocycles. The van der Waals surface area contributed by atoms with E-state index in [4.69, 9.17) is 9.72 Å². The van der Waals surface area contributed by atoms with E-state index in [-0.39, 0.29) is 23.2 Å². The number of halogens is 1. The van der Waals surface area contributed by atoms with Crippen molar-refractivity contribution in [1.82, 2.24) is 14.2 Å². The molecule has 2 aromatic carbocycles. The van der Waals surface area contributed by atoms with Crippen molar-refractivity contribution < 1.29 is 17.9 Å². The first-order valence-corrected chi connectivity index (χ1v) is 14.5. The molecule has 0 saturated carbocycles. The topological polar surface area (TPSA) is 83.1 Å². The zero-order valence-electron chi connectivity index (χ0n) is 22.1. The van der Waals surface area contributed by atoms with Crippen LogP contribution >= 0.6 is 23.7 Å². The number of carbonyl (C=O) groups excluding carboxylic acids is 1. The summed E-state index contributed by atoms with van der Waals surface area (Å²) in [6, 6.07) is 11.9. The van der Waals surface area contributed by atoms with E-state index in [1.54, 1.807) is 24.1 Å². The van der Waals surface area contributed by atoms with Crippen LogP contribution in [-0.4, -0.2) is 75.9 Å². The van der Waals surface area contributed by atoms with Crippen molar-refractivity contribution in [2.45, 2.75) is 38.0 Å². The lowest BCUT2D eigenvalue weighted by Gasteiger charge is -2.22. The first-order valence-electron chi connectivity index (χ1n) is 12.2. The molecule has 0 radical (unpaired) electrons. The summed E-state index contributed by atoms with van der Waals surface area (Å²) in [6.07, 6.45) is 2.25. The van der Waals surface area contributed by atoms with Gasteiger partial charge in [0.15, 0.2) is 5.13 Å². The molecule has 0 fully saturated rings. The largest absolute Gasteiger partial charge is 0.497 e. The second-order valence-electron chi connectivity index (χ2n) is 8.87. The van der Waals surface area contributed by atoms with E-state index in [1.165, 1.54) is 27.8 Å². The van der Waals surface area contributed by atoms with Crippen molar-refractivity contribution >= 4 is 55.0 Å². The standard InChI is InChI=1S/C26H36N4O4S2.ClH/c1-6-15-29(16-7-2)36(32,33)22-12-9-20(10-13-22)25(31)30(18-8-17-28(3)4)26-27-23-19-21(34-5)11-14-24(23)35-26;/h9-14,19H,6-8,15-18H2,1-5H3;1H. The Balaban J connectivity index is 0.00000481. The van der Waals surface area contributed by atoms with Crippen LogP contribution in [0.15, 0.2) is 47.4 Å². The monoisotopic (exact) mass is 568 g/mol. The summed E-state index contributed by atoms with van der Waals surface area (Å²) in [6.45, 7) is 6.18. The smallest absolute Gasteiger partial charge is 0.260 e. The molecule has 0 aliphatic carbocycles. The van der Waals surface area contributed by atoms with Gasteiger partial charge in [-0.05, 0) is 76.3 Å². The number of nitrogens with zero attached hydrogens (tertiary/aromatic N) is 4. The van der Waals surface area contributed by atoms with Crippen LogP contribution in [0, 0.1) is 0 Å². The Bertz CT molecular complexity index is 1260. The molecule has 204 valence electrons. The van der Waals surface area contributed by atoms with Gasteiger partial charge in [0.25, 0.3) is 5.91 Å². The molecule has 3 rings (SSSR count). The number of hydrogen-bond acceptors (Lipinski definition) is 7. The molecule has 8 nitrogen and oxygen atoms in total. The number of benzene rings is 2. The molecule has 0 atom stereocenters. The molecular weight excluding hydrogens is 532 g/mol. The molecule has 0 aliphatic heterocycles. The van der Waals surface area contributed by atoms with Crippen LogP contribution < -0.4 is 9.64 Å². The molecule has 11 heteroatoms. The molecule has 0 bridgehead atoms. The molecular formula is C26H37ClN4O4S2. The van der Waals surface area contributed by atoms with Gasteiger partial charge in [-0.1, -0.05) is 25.2 Å². The number of methoxy groups -OCH3 is 1. The summed E-state index contributed by atoms with van der Waals surface area (Å²) in [5, 5.41) is 0.607. The van der Waals surface area contributed by atoms with Gasteiger partial charge in [0.05, 0.1) is 22.2 Å². The highest BCUT2D eigenvalue weighted by Crippen LogP contribution is 2.32. The Labute approximate surface area is 230 Å². The van der Waals surface area contributed by atoms with E-state index >= 15 is 0 Å². The van der Waals surface area contributed by atoms with Crippen LogP contribution in [0.25, 0.3) is 10.2 Å². The third kappa shape index (κ3) is 7.64. The molecule has 0 aliphatic rings. The van der Waals surface area contributed by atoms with E-state index in [0.29, 0.717) is 36.1 Å². The molecule has 3 aromatic rings. The highest BCUT2D eigenvalue weighted by atomic mass is 35.5. The molecule has 0 unspecified atom stereocenters. The molecule has 37 heavy (non-hydrogen) atoms. The number of fused-ring (bicyclic) bond motifs is 1. The maximum atomic E-state index is 13.6. The molecule has 0 spiro atoms. The Morgan fingerprint density at radius 2 is 1.62 bits per heavy atom. The number of carbonyl (C=O) groups is 1. The quantitative estimate of drug-likeness (QED) is 0.284. The fourth-order valence-electron chi connectivity index (χ4n) is 3.89. The second-order valence-corrected chi connectivity index (χ2v) is 11.8. The van der Waals surface area contributed by atoms with E-state index in [2.05, 4.69) is 4.90 Å². The first kappa shape index (κ1) is 31.0. The Morgan fingerprint density at radius 1 is 0.973 bits per heavy atom. The number of anilines is 1. The van der Waals surface area contributed by atoms with Crippen molar-refractivity contribution in [1.29, 1.82) is 0 Å². The van der Waals surface area contributed by atoms with Gasteiger partial charge in [0.2, 0.25) is 10.0 Å². The van der Waals surface area contributed by atoms with Crippen LogP contribution in [0.2, 0.25) is 0 Å². The maximum Gasteiger partial charge on any atom is 0.260 e. The fraction of sp³-hybridized carbons (Fsp3) is 0.462. The lowest BCUT2D eigenvalue weighted by Crippen LogP contribution is -2.34. The van der Waals surface area contributed by atoms with Crippen LogP contribution in [0.3, 0.4) is 0 Å². The summed E-state index contributed by atoms with van der Waals surface area (Å²) in [4.78, 5) is 22.3. The minimum absolute atomic E-state index is 0. The van der Waals surface area contributed by atoms with Gasteiger partial charge in [-0.2, -0.15) is 4.31 Å². The summed E-state index contributed by atoms with van der Waals surface area (Å²) in [5.74, 6) is 0.504. The molecule has 1 amide bonds. The second kappa shape index (κ2) is 14.1. The zero-order chi connectivity index (χ0) is 26.3. The van der Waals surface area contributed by atoms with Gasteiger partial charge in [-0.3, -0.25) is 9.69 Å². The average molecular weight is 569 g/mol. The van der Waals surface area contributed by atoms with Crippen LogP contribution in [0.4, 0.5) is 5.13 Å². The van der Waals surface area contributed by atoms with Crippen molar-refractivity contribution in [3.63, 3.8) is 0 Å². The van der Waals surface area contributed by atoms with Gasteiger partial charge < -0.3 is 9.64 Å². The number of ether oxygens (including phenoxy) is 1. The third-order valence-corrected chi connectivity index (χ3v) is 8.70. The molecule has 0 saturated heterocycles.